The van der Waals surface area contributed by atoms with Gasteiger partial charge in [-0.05, 0) is 6.07 Å². The van der Waals surface area contributed by atoms with Gasteiger partial charge in [-0.2, -0.15) is 0 Å². The molecule has 1 aromatic heterocycles. The van der Waals surface area contributed by atoms with Gasteiger partial charge in [0.2, 0.25) is 0 Å². The topological polar surface area (TPSA) is 26.0 Å². The van der Waals surface area contributed by atoms with Crippen molar-refractivity contribution < 1.29 is 4.52 Å². The van der Waals surface area contributed by atoms with Crippen LogP contribution in [-0.2, 0) is 6.42 Å². The molecule has 0 fully saturated rings. The first kappa shape index (κ1) is 9.27. The van der Waals surface area contributed by atoms with Gasteiger partial charge in [0.1, 0.15) is 13.6 Å². The van der Waals surface area contributed by atoms with Crippen LogP contribution in [0.3, 0.4) is 0 Å². The van der Waals surface area contributed by atoms with Crippen LogP contribution in [0.15, 0.2) is 10.6 Å². The van der Waals surface area contributed by atoms with Crippen molar-refractivity contribution >= 4 is 13.4 Å². The molecular formula is C7H12BNO. The molecule has 10 heavy (non-hydrogen) atoms. The van der Waals surface area contributed by atoms with Gasteiger partial charge in [-0.3, -0.25) is 0 Å². The van der Waals surface area contributed by atoms with Crippen LogP contribution < -0.4 is 5.59 Å². The Bertz CT molecular complexity index is 174. The lowest BCUT2D eigenvalue weighted by Crippen LogP contribution is -1.99. The Kier molecular flexibility index (Phi) is 4.72. The maximum atomic E-state index is 5.25. The van der Waals surface area contributed by atoms with Crippen LogP contribution in [0.2, 0.25) is 0 Å². The number of hydrogen-bond donors (Lipinski definition) is 0. The second kappa shape index (κ2) is 5.09. The van der Waals surface area contributed by atoms with Crippen molar-refractivity contribution in [2.24, 2.45) is 0 Å². The highest BCUT2D eigenvalue weighted by Crippen LogP contribution is 1.92. The van der Waals surface area contributed by atoms with E-state index in [1.807, 2.05) is 20.8 Å². The van der Waals surface area contributed by atoms with Gasteiger partial charge in [0.25, 0.3) is 0 Å². The van der Waals surface area contributed by atoms with Gasteiger partial charge in [0, 0.05) is 12.0 Å². The van der Waals surface area contributed by atoms with Gasteiger partial charge >= 0.3 is 0 Å². The summed E-state index contributed by atoms with van der Waals surface area (Å²) in [6.07, 6.45) is 0.851. The molecule has 0 saturated carbocycles. The molecule has 54 valence electrons. The van der Waals surface area contributed by atoms with Crippen molar-refractivity contribution in [1.29, 1.82) is 0 Å². The van der Waals surface area contributed by atoms with Gasteiger partial charge < -0.3 is 4.52 Å². The average molecular weight is 137 g/mol. The van der Waals surface area contributed by atoms with E-state index in [1.165, 1.54) is 0 Å². The summed E-state index contributed by atoms with van der Waals surface area (Å²) in [5.74, 6) is 0.836. The highest BCUT2D eigenvalue weighted by molar-refractivity contribution is 6.30. The Labute approximate surface area is 63.0 Å². The molecule has 3 heteroatoms. The second-order valence-corrected chi connectivity index (χ2v) is 1.57. The monoisotopic (exact) mass is 137 g/mol. The molecule has 0 N–H and O–H groups in total. The molecule has 0 saturated heterocycles. The molecule has 1 rings (SSSR count). The van der Waals surface area contributed by atoms with E-state index in [4.69, 9.17) is 12.4 Å². The highest BCUT2D eigenvalue weighted by Gasteiger charge is 1.93. The largest absolute Gasteiger partial charge is 0.362 e. The molecule has 0 bridgehead atoms. The predicted octanol–water partition coefficient (Wildman–Crippen LogP) is 1.06. The summed E-state index contributed by atoms with van der Waals surface area (Å²) >= 11 is 0. The van der Waals surface area contributed by atoms with E-state index >= 15 is 0 Å². The molecule has 2 radical (unpaired) electrons. The predicted molar refractivity (Wildman–Crippen MR) is 42.6 cm³/mol. The fraction of sp³-hybridized carbons (Fsp3) is 0.571. The minimum absolute atomic E-state index is 0.460. The third-order valence-corrected chi connectivity index (χ3v) is 0.926. The summed E-state index contributed by atoms with van der Waals surface area (Å²) in [5.41, 5.74) is 0.460. The fourth-order valence-corrected chi connectivity index (χ4v) is 0.496. The Morgan fingerprint density at radius 3 is 2.40 bits per heavy atom. The van der Waals surface area contributed by atoms with Gasteiger partial charge in [0.05, 0.1) is 0 Å². The summed E-state index contributed by atoms with van der Waals surface area (Å²) in [6.45, 7) is 5.99. The summed E-state index contributed by atoms with van der Waals surface area (Å²) in [6, 6.07) is 1.72. The van der Waals surface area contributed by atoms with E-state index in [0.717, 1.165) is 12.2 Å². The van der Waals surface area contributed by atoms with Crippen molar-refractivity contribution in [2.75, 3.05) is 0 Å². The molecule has 2 nitrogen and oxygen atoms in total. The van der Waals surface area contributed by atoms with Crippen molar-refractivity contribution in [3.05, 3.63) is 11.8 Å². The van der Waals surface area contributed by atoms with Crippen LogP contribution in [0.5, 0.6) is 0 Å². The van der Waals surface area contributed by atoms with Crippen molar-refractivity contribution in [2.45, 2.75) is 27.2 Å². The maximum absolute atomic E-state index is 5.25. The average Bonchev–Trinajstić information content (AvgIpc) is 2.40. The summed E-state index contributed by atoms with van der Waals surface area (Å²) in [5, 5.41) is 3.49. The number of rotatable bonds is 1. The second-order valence-electron chi connectivity index (χ2n) is 1.57. The molecule has 0 aliphatic heterocycles. The smallest absolute Gasteiger partial charge is 0.146 e. The zero-order chi connectivity index (χ0) is 7.98. The van der Waals surface area contributed by atoms with E-state index in [1.54, 1.807) is 6.07 Å². The third-order valence-electron chi connectivity index (χ3n) is 0.926. The van der Waals surface area contributed by atoms with Crippen LogP contribution in [0.1, 0.15) is 26.5 Å². The highest BCUT2D eigenvalue weighted by atomic mass is 16.5. The molecule has 0 aromatic carbocycles. The molecule has 0 aliphatic rings. The number of aryl methyl sites for hydroxylation is 1. The Morgan fingerprint density at radius 2 is 2.20 bits per heavy atom. The standard InChI is InChI=1S/C5H6BNO.C2H6/c1-2-4-3-5(6)7-8-4;1-2/h3H,2H2,1H3;1-2H3. The first-order chi connectivity index (χ1) is 4.83. The van der Waals surface area contributed by atoms with Crippen LogP contribution in [0, 0.1) is 0 Å². The number of nitrogens with zero attached hydrogens (tertiary/aromatic N) is 1. The third kappa shape index (κ3) is 2.71. The SMILES string of the molecule is CC.[B]c1cc(CC)on1. The first-order valence-electron chi connectivity index (χ1n) is 3.54. The van der Waals surface area contributed by atoms with Crippen LogP contribution >= 0.6 is 0 Å². The number of aromatic nitrogens is 1. The summed E-state index contributed by atoms with van der Waals surface area (Å²) in [7, 11) is 5.25. The van der Waals surface area contributed by atoms with Crippen LogP contribution in [0.25, 0.3) is 0 Å². The first-order valence-corrected chi connectivity index (χ1v) is 3.54. The minimum atomic E-state index is 0.460. The van der Waals surface area contributed by atoms with E-state index in [2.05, 4.69) is 5.16 Å². The molecule has 0 atom stereocenters. The van der Waals surface area contributed by atoms with Crippen molar-refractivity contribution in [3.8, 4) is 0 Å². The Hall–Kier alpha value is -0.725. The Balaban J connectivity index is 0.000000371. The van der Waals surface area contributed by atoms with Crippen molar-refractivity contribution in [1.82, 2.24) is 5.16 Å². The van der Waals surface area contributed by atoms with E-state index < -0.39 is 0 Å². The maximum Gasteiger partial charge on any atom is 0.146 e. The van der Waals surface area contributed by atoms with Gasteiger partial charge in [-0.25, -0.2) is 0 Å². The molecule has 1 aromatic rings. The zero-order valence-corrected chi connectivity index (χ0v) is 6.72. The van der Waals surface area contributed by atoms with Gasteiger partial charge in [-0.1, -0.05) is 25.9 Å². The van der Waals surface area contributed by atoms with E-state index in [9.17, 15) is 0 Å². The van der Waals surface area contributed by atoms with Crippen molar-refractivity contribution in [3.63, 3.8) is 0 Å². The molecular weight excluding hydrogens is 125 g/mol. The lowest BCUT2D eigenvalue weighted by Gasteiger charge is -1.76. The minimum Gasteiger partial charge on any atom is -0.362 e. The lowest BCUT2D eigenvalue weighted by molar-refractivity contribution is 0.391. The van der Waals surface area contributed by atoms with E-state index in [-0.39, 0.29) is 0 Å². The van der Waals surface area contributed by atoms with Crippen LogP contribution in [-0.4, -0.2) is 13.0 Å². The quantitative estimate of drug-likeness (QED) is 0.540. The summed E-state index contributed by atoms with van der Waals surface area (Å²) < 4.78 is 4.74. The summed E-state index contributed by atoms with van der Waals surface area (Å²) in [4.78, 5) is 0. The molecule has 0 aliphatic carbocycles. The van der Waals surface area contributed by atoms with E-state index in [0.29, 0.717) is 5.59 Å². The molecule has 1 heterocycles. The molecule has 0 unspecified atom stereocenters. The van der Waals surface area contributed by atoms with Crippen LogP contribution in [0.4, 0.5) is 0 Å². The zero-order valence-electron chi connectivity index (χ0n) is 6.72. The lowest BCUT2D eigenvalue weighted by atomic mass is 10.1. The molecule has 0 spiro atoms. The Morgan fingerprint density at radius 1 is 1.60 bits per heavy atom. The van der Waals surface area contributed by atoms with Gasteiger partial charge in [-0.15, -0.1) is 0 Å². The fourth-order valence-electron chi connectivity index (χ4n) is 0.496. The number of hydrogen-bond acceptors (Lipinski definition) is 2. The molecule has 0 amide bonds. The van der Waals surface area contributed by atoms with Gasteiger partial charge in [0.15, 0.2) is 0 Å². The normalized spacial score (nSPS) is 8.30.